The number of rotatable bonds is 2. The zero-order chi connectivity index (χ0) is 13.5. The fraction of sp³-hybridized carbons (Fsp3) is 1.00. The lowest BCUT2D eigenvalue weighted by atomic mass is 9.52. The van der Waals surface area contributed by atoms with Gasteiger partial charge >= 0.3 is 0 Å². The maximum Gasteiger partial charge on any atom is -0.0295 e. The zero-order valence-corrected chi connectivity index (χ0v) is 13.5. The van der Waals surface area contributed by atoms with Gasteiger partial charge < -0.3 is 0 Å². The van der Waals surface area contributed by atoms with Crippen LogP contribution in [0, 0.1) is 28.6 Å². The van der Waals surface area contributed by atoms with E-state index in [1.807, 2.05) is 0 Å². The first-order chi connectivity index (χ1) is 9.09. The van der Waals surface area contributed by atoms with Gasteiger partial charge in [0.05, 0.1) is 0 Å². The molecule has 0 amide bonds. The van der Waals surface area contributed by atoms with E-state index in [1.54, 1.807) is 12.8 Å². The molecule has 0 spiro atoms. The summed E-state index contributed by atoms with van der Waals surface area (Å²) in [6.45, 7) is 7.75. The van der Waals surface area contributed by atoms with Crippen LogP contribution in [0.3, 0.4) is 0 Å². The van der Waals surface area contributed by atoms with Crippen LogP contribution in [0.2, 0.25) is 0 Å². The molecule has 0 unspecified atom stereocenters. The van der Waals surface area contributed by atoms with E-state index in [2.05, 4.69) is 20.8 Å². The van der Waals surface area contributed by atoms with Crippen molar-refractivity contribution in [3.05, 3.63) is 0 Å². The Labute approximate surface area is 120 Å². The van der Waals surface area contributed by atoms with E-state index in [1.165, 1.54) is 57.8 Å². The molecule has 0 N–H and O–H groups in total. The molecule has 0 bridgehead atoms. The predicted octanol–water partition coefficient (Wildman–Crippen LogP) is 6.20. The van der Waals surface area contributed by atoms with Crippen molar-refractivity contribution < 1.29 is 0 Å². The van der Waals surface area contributed by atoms with Gasteiger partial charge in [0.15, 0.2) is 0 Å². The Kier molecular flexibility index (Phi) is 3.73. The summed E-state index contributed by atoms with van der Waals surface area (Å²) in [6.07, 6.45) is 16.7. The molecule has 4 atom stereocenters. The third kappa shape index (κ3) is 2.28. The summed E-state index contributed by atoms with van der Waals surface area (Å²) in [7, 11) is 0. The maximum atomic E-state index is 2.65. The van der Waals surface area contributed by atoms with Gasteiger partial charge in [-0.1, -0.05) is 52.9 Å². The van der Waals surface area contributed by atoms with Crippen molar-refractivity contribution in [3.8, 4) is 0 Å². The van der Waals surface area contributed by atoms with Gasteiger partial charge in [-0.3, -0.25) is 0 Å². The topological polar surface area (TPSA) is 0 Å². The van der Waals surface area contributed by atoms with Crippen molar-refractivity contribution >= 4 is 0 Å². The first-order valence-electron chi connectivity index (χ1n) is 9.09. The molecule has 0 aromatic carbocycles. The largest absolute Gasteiger partial charge is 0.0651 e. The molecular formula is C19H34. The van der Waals surface area contributed by atoms with Crippen LogP contribution in [0.25, 0.3) is 0 Å². The molecule has 0 heterocycles. The van der Waals surface area contributed by atoms with Crippen LogP contribution in [-0.4, -0.2) is 0 Å². The Morgan fingerprint density at radius 3 is 2.00 bits per heavy atom. The zero-order valence-electron chi connectivity index (χ0n) is 13.5. The maximum absolute atomic E-state index is 2.65. The van der Waals surface area contributed by atoms with Gasteiger partial charge in [-0.25, -0.2) is 0 Å². The standard InChI is InChI=1S/C19H34/c1-4-15-16-9-8-13-19(16,3)14-10-17(15)18(2)11-6-5-7-12-18/h15-17H,4-14H2,1-3H3/t15-,16-,17-,19-/m0/s1. The molecule has 0 nitrogen and oxygen atoms in total. The summed E-state index contributed by atoms with van der Waals surface area (Å²) in [5.74, 6) is 3.16. The summed E-state index contributed by atoms with van der Waals surface area (Å²) in [5, 5.41) is 0. The summed E-state index contributed by atoms with van der Waals surface area (Å²) in [4.78, 5) is 0. The van der Waals surface area contributed by atoms with Crippen molar-refractivity contribution in [1.82, 2.24) is 0 Å². The molecule has 0 aromatic heterocycles. The number of hydrogen-bond donors (Lipinski definition) is 0. The second kappa shape index (κ2) is 5.08. The molecule has 3 fully saturated rings. The van der Waals surface area contributed by atoms with Gasteiger partial charge in [-0.2, -0.15) is 0 Å². The van der Waals surface area contributed by atoms with Gasteiger partial charge in [0, 0.05) is 0 Å². The minimum atomic E-state index is 0.697. The van der Waals surface area contributed by atoms with Crippen LogP contribution < -0.4 is 0 Å². The number of hydrogen-bond acceptors (Lipinski definition) is 0. The molecule has 0 aliphatic heterocycles. The monoisotopic (exact) mass is 262 g/mol. The highest BCUT2D eigenvalue weighted by molar-refractivity contribution is 5.02. The third-order valence-corrected chi connectivity index (χ3v) is 7.58. The van der Waals surface area contributed by atoms with Crippen LogP contribution in [-0.2, 0) is 0 Å². The molecule has 0 aromatic rings. The fourth-order valence-electron chi connectivity index (χ4n) is 6.45. The highest BCUT2D eigenvalue weighted by Crippen LogP contribution is 2.61. The summed E-state index contributed by atoms with van der Waals surface area (Å²) < 4.78 is 0. The van der Waals surface area contributed by atoms with Crippen molar-refractivity contribution in [2.75, 3.05) is 0 Å². The Hall–Kier alpha value is 0. The van der Waals surface area contributed by atoms with E-state index in [4.69, 9.17) is 0 Å². The molecular weight excluding hydrogens is 228 g/mol. The van der Waals surface area contributed by atoms with Crippen LogP contribution in [0.1, 0.15) is 91.4 Å². The minimum absolute atomic E-state index is 0.697. The first kappa shape index (κ1) is 14.0. The van der Waals surface area contributed by atoms with Crippen molar-refractivity contribution in [2.45, 2.75) is 91.4 Å². The van der Waals surface area contributed by atoms with Crippen LogP contribution in [0.15, 0.2) is 0 Å². The van der Waals surface area contributed by atoms with E-state index < -0.39 is 0 Å². The van der Waals surface area contributed by atoms with E-state index in [9.17, 15) is 0 Å². The van der Waals surface area contributed by atoms with Crippen molar-refractivity contribution in [1.29, 1.82) is 0 Å². The lowest BCUT2D eigenvalue weighted by molar-refractivity contribution is -0.0393. The van der Waals surface area contributed by atoms with Crippen LogP contribution in [0.5, 0.6) is 0 Å². The van der Waals surface area contributed by atoms with Crippen molar-refractivity contribution in [3.63, 3.8) is 0 Å². The second-order valence-corrected chi connectivity index (χ2v) is 8.58. The number of fused-ring (bicyclic) bond motifs is 1. The average Bonchev–Trinajstić information content (AvgIpc) is 2.80. The average molecular weight is 262 g/mol. The van der Waals surface area contributed by atoms with E-state index in [0.717, 1.165) is 23.2 Å². The molecule has 0 heteroatoms. The third-order valence-electron chi connectivity index (χ3n) is 7.58. The van der Waals surface area contributed by atoms with Gasteiger partial charge in [0.25, 0.3) is 0 Å². The summed E-state index contributed by atoms with van der Waals surface area (Å²) >= 11 is 0. The molecule has 3 aliphatic rings. The lowest BCUT2D eigenvalue weighted by Crippen LogP contribution is -2.45. The molecule has 3 saturated carbocycles. The first-order valence-corrected chi connectivity index (χ1v) is 9.09. The van der Waals surface area contributed by atoms with Crippen LogP contribution in [0.4, 0.5) is 0 Å². The molecule has 110 valence electrons. The summed E-state index contributed by atoms with van der Waals surface area (Å²) in [5.41, 5.74) is 1.42. The minimum Gasteiger partial charge on any atom is -0.0651 e. The quantitative estimate of drug-likeness (QED) is 0.556. The smallest absolute Gasteiger partial charge is 0.0295 e. The van der Waals surface area contributed by atoms with E-state index >= 15 is 0 Å². The van der Waals surface area contributed by atoms with Crippen molar-refractivity contribution in [2.24, 2.45) is 28.6 Å². The SMILES string of the molecule is CC[C@@H]1[C@@H](C2(C)CCCCC2)CC[C@]2(C)CCC[C@@H]12. The second-order valence-electron chi connectivity index (χ2n) is 8.58. The highest BCUT2D eigenvalue weighted by atomic mass is 14.6. The summed E-state index contributed by atoms with van der Waals surface area (Å²) in [6, 6.07) is 0. The Bertz CT molecular complexity index is 312. The normalized spacial score (nSPS) is 45.9. The van der Waals surface area contributed by atoms with E-state index in [0.29, 0.717) is 5.41 Å². The molecule has 3 aliphatic carbocycles. The Balaban J connectivity index is 1.82. The van der Waals surface area contributed by atoms with Crippen LogP contribution >= 0.6 is 0 Å². The molecule has 0 radical (unpaired) electrons. The van der Waals surface area contributed by atoms with E-state index in [-0.39, 0.29) is 0 Å². The molecule has 19 heavy (non-hydrogen) atoms. The van der Waals surface area contributed by atoms with Gasteiger partial charge in [0.1, 0.15) is 0 Å². The predicted molar refractivity (Wildman–Crippen MR) is 83.1 cm³/mol. The fourth-order valence-corrected chi connectivity index (χ4v) is 6.45. The Morgan fingerprint density at radius 1 is 0.737 bits per heavy atom. The highest BCUT2D eigenvalue weighted by Gasteiger charge is 2.52. The molecule has 0 saturated heterocycles. The van der Waals surface area contributed by atoms with Gasteiger partial charge in [-0.05, 0) is 67.1 Å². The van der Waals surface area contributed by atoms with Gasteiger partial charge in [0.2, 0.25) is 0 Å². The lowest BCUT2D eigenvalue weighted by Gasteiger charge is -2.53. The Morgan fingerprint density at radius 2 is 1.32 bits per heavy atom. The van der Waals surface area contributed by atoms with Gasteiger partial charge in [-0.15, -0.1) is 0 Å². The molecule has 3 rings (SSSR count).